The number of piperazine rings is 1. The molecule has 1 fully saturated rings. The fourth-order valence-electron chi connectivity index (χ4n) is 3.89. The summed E-state index contributed by atoms with van der Waals surface area (Å²) in [7, 11) is -6.87. The second kappa shape index (κ2) is 7.95. The van der Waals surface area contributed by atoms with Gasteiger partial charge in [-0.25, -0.2) is 16.8 Å². The lowest BCUT2D eigenvalue weighted by atomic mass is 10.00. The summed E-state index contributed by atoms with van der Waals surface area (Å²) >= 11 is 1.19. The number of benzene rings is 1. The van der Waals surface area contributed by atoms with Crippen molar-refractivity contribution in [3.05, 3.63) is 46.8 Å². The van der Waals surface area contributed by atoms with E-state index in [2.05, 4.69) is 0 Å². The molecule has 0 bridgehead atoms. The molecule has 1 saturated heterocycles. The summed E-state index contributed by atoms with van der Waals surface area (Å²) < 4.78 is 52.4. The van der Waals surface area contributed by atoms with Gasteiger partial charge in [-0.05, 0) is 48.1 Å². The Morgan fingerprint density at radius 3 is 2.37 bits per heavy atom. The van der Waals surface area contributed by atoms with Gasteiger partial charge < -0.3 is 4.90 Å². The van der Waals surface area contributed by atoms with Crippen molar-refractivity contribution in [3.8, 4) is 0 Å². The molecule has 0 aliphatic carbocycles. The minimum atomic E-state index is -3.51. The molecule has 1 aromatic heterocycles. The molecule has 0 unspecified atom stereocenters. The molecule has 0 N–H and O–H groups in total. The number of carbonyl (C=O) groups excluding carboxylic acids is 1. The smallest absolute Gasteiger partial charge is 0.253 e. The number of thiophene rings is 1. The number of hydrogen-bond acceptors (Lipinski definition) is 6. The van der Waals surface area contributed by atoms with Crippen LogP contribution >= 0.6 is 11.3 Å². The summed E-state index contributed by atoms with van der Waals surface area (Å²) in [5.41, 5.74) is 1.97. The number of sulfonamides is 2. The van der Waals surface area contributed by atoms with Gasteiger partial charge in [-0.15, -0.1) is 11.3 Å². The second-order valence-corrected chi connectivity index (χ2v) is 12.4. The van der Waals surface area contributed by atoms with E-state index in [1.807, 2.05) is 0 Å². The zero-order chi connectivity index (χ0) is 21.5. The van der Waals surface area contributed by atoms with Gasteiger partial charge in [-0.2, -0.15) is 4.31 Å². The molecule has 1 aromatic carbocycles. The Hall–Kier alpha value is -1.95. The summed E-state index contributed by atoms with van der Waals surface area (Å²) in [6.07, 6.45) is 2.61. The number of carbonyl (C=O) groups is 1. The number of fused-ring (bicyclic) bond motifs is 1. The molecular formula is C19H23N3O5S3. The summed E-state index contributed by atoms with van der Waals surface area (Å²) in [5, 5.41) is 1.73. The summed E-state index contributed by atoms with van der Waals surface area (Å²) in [5.74, 6) is -0.164. The van der Waals surface area contributed by atoms with E-state index in [0.29, 0.717) is 41.5 Å². The monoisotopic (exact) mass is 469 g/mol. The van der Waals surface area contributed by atoms with E-state index in [1.165, 1.54) is 26.2 Å². The fraction of sp³-hybridized carbons (Fsp3) is 0.421. The Labute approximate surface area is 180 Å². The molecule has 1 amide bonds. The lowest BCUT2D eigenvalue weighted by molar-refractivity contribution is 0.0698. The highest BCUT2D eigenvalue weighted by Crippen LogP contribution is 2.30. The average Bonchev–Trinajstić information content (AvgIpc) is 3.27. The van der Waals surface area contributed by atoms with E-state index < -0.39 is 20.0 Å². The minimum absolute atomic E-state index is 0.164. The summed E-state index contributed by atoms with van der Waals surface area (Å²) in [6, 6.07) is 8.41. The molecule has 0 atom stereocenters. The minimum Gasteiger partial charge on any atom is -0.336 e. The Balaban J connectivity index is 1.48. The maximum atomic E-state index is 13.0. The van der Waals surface area contributed by atoms with Crippen LogP contribution in [0.25, 0.3) is 0 Å². The van der Waals surface area contributed by atoms with Gasteiger partial charge in [0, 0.05) is 38.3 Å². The molecule has 2 aromatic rings. The van der Waals surface area contributed by atoms with Crippen LogP contribution in [0.1, 0.15) is 22.3 Å². The van der Waals surface area contributed by atoms with Gasteiger partial charge in [-0.1, -0.05) is 6.07 Å². The lowest BCUT2D eigenvalue weighted by Crippen LogP contribution is -2.50. The Kier molecular flexibility index (Phi) is 5.64. The van der Waals surface area contributed by atoms with Crippen LogP contribution in [0.5, 0.6) is 0 Å². The zero-order valence-electron chi connectivity index (χ0n) is 16.5. The number of aryl methyl sites for hydroxylation is 1. The molecule has 3 heterocycles. The third kappa shape index (κ3) is 3.98. The maximum absolute atomic E-state index is 13.0. The van der Waals surface area contributed by atoms with Crippen LogP contribution in [0.15, 0.2) is 39.9 Å². The van der Waals surface area contributed by atoms with Gasteiger partial charge in [0.1, 0.15) is 4.21 Å². The van der Waals surface area contributed by atoms with Crippen LogP contribution in [0, 0.1) is 0 Å². The Bertz CT molecular complexity index is 1150. The van der Waals surface area contributed by atoms with Crippen LogP contribution < -0.4 is 4.31 Å². The highest BCUT2D eigenvalue weighted by atomic mass is 32.2. The van der Waals surface area contributed by atoms with E-state index in [0.717, 1.165) is 12.0 Å². The predicted molar refractivity (Wildman–Crippen MR) is 116 cm³/mol. The van der Waals surface area contributed by atoms with Crippen molar-refractivity contribution in [2.45, 2.75) is 17.1 Å². The van der Waals surface area contributed by atoms with Gasteiger partial charge in [0.25, 0.3) is 15.9 Å². The maximum Gasteiger partial charge on any atom is 0.253 e. The molecule has 4 rings (SSSR count). The van der Waals surface area contributed by atoms with Crippen LogP contribution in [-0.4, -0.2) is 70.9 Å². The first-order valence-electron chi connectivity index (χ1n) is 9.61. The van der Waals surface area contributed by atoms with Crippen LogP contribution in [0.2, 0.25) is 0 Å². The van der Waals surface area contributed by atoms with Crippen LogP contribution in [0.3, 0.4) is 0 Å². The van der Waals surface area contributed by atoms with E-state index in [1.54, 1.807) is 40.6 Å². The number of nitrogens with zero attached hydrogens (tertiary/aromatic N) is 3. The van der Waals surface area contributed by atoms with Gasteiger partial charge in [-0.3, -0.25) is 9.10 Å². The number of hydrogen-bond donors (Lipinski definition) is 0. The Morgan fingerprint density at radius 2 is 1.73 bits per heavy atom. The van der Waals surface area contributed by atoms with Crippen molar-refractivity contribution in [3.63, 3.8) is 0 Å². The van der Waals surface area contributed by atoms with Crippen LogP contribution in [0.4, 0.5) is 5.69 Å². The second-order valence-electron chi connectivity index (χ2n) is 7.41. The average molecular weight is 470 g/mol. The fourth-order valence-corrected chi connectivity index (χ4v) is 7.45. The topological polar surface area (TPSA) is 95.1 Å². The first-order chi connectivity index (χ1) is 14.2. The van der Waals surface area contributed by atoms with Gasteiger partial charge in [0.2, 0.25) is 10.0 Å². The zero-order valence-corrected chi connectivity index (χ0v) is 19.0. The highest BCUT2D eigenvalue weighted by molar-refractivity contribution is 7.92. The van der Waals surface area contributed by atoms with E-state index in [9.17, 15) is 21.6 Å². The molecule has 2 aliphatic heterocycles. The van der Waals surface area contributed by atoms with Crippen molar-refractivity contribution < 1.29 is 21.6 Å². The number of amides is 1. The molecule has 0 radical (unpaired) electrons. The molecule has 11 heteroatoms. The summed E-state index contributed by atoms with van der Waals surface area (Å²) in [4.78, 5) is 14.6. The van der Waals surface area contributed by atoms with Crippen molar-refractivity contribution in [2.75, 3.05) is 43.3 Å². The van der Waals surface area contributed by atoms with E-state index in [4.69, 9.17) is 0 Å². The molecule has 0 spiro atoms. The standard InChI is InChI=1S/C19H23N3O5S3/c1-29(24,25)22-8-2-4-15-14-16(6-7-17(15)22)19(23)20-9-11-21(12-10-20)30(26,27)18-5-3-13-28-18/h3,5-7,13-14H,2,4,8-12H2,1H3. The third-order valence-corrected chi connectivity index (χ3v) is 9.87. The predicted octanol–water partition coefficient (Wildman–Crippen LogP) is 1.61. The van der Waals surface area contributed by atoms with Crippen LogP contribution in [-0.2, 0) is 26.5 Å². The normalized spacial score (nSPS) is 18.3. The first kappa shape index (κ1) is 21.3. The van der Waals surface area contributed by atoms with Crippen molar-refractivity contribution >= 4 is 43.0 Å². The van der Waals surface area contributed by atoms with Gasteiger partial charge >= 0.3 is 0 Å². The van der Waals surface area contributed by atoms with E-state index >= 15 is 0 Å². The molecule has 30 heavy (non-hydrogen) atoms. The SMILES string of the molecule is CS(=O)(=O)N1CCCc2cc(C(=O)N3CCN(S(=O)(=O)c4cccs4)CC3)ccc21. The lowest BCUT2D eigenvalue weighted by Gasteiger charge is -2.34. The van der Waals surface area contributed by atoms with Gasteiger partial charge in [0.15, 0.2) is 0 Å². The third-order valence-electron chi connectivity index (χ3n) is 5.42. The highest BCUT2D eigenvalue weighted by Gasteiger charge is 2.31. The van der Waals surface area contributed by atoms with Gasteiger partial charge in [0.05, 0.1) is 11.9 Å². The quantitative estimate of drug-likeness (QED) is 0.678. The molecule has 8 nitrogen and oxygen atoms in total. The van der Waals surface area contributed by atoms with E-state index in [-0.39, 0.29) is 19.0 Å². The molecule has 2 aliphatic rings. The largest absolute Gasteiger partial charge is 0.336 e. The van der Waals surface area contributed by atoms with Crippen molar-refractivity contribution in [1.29, 1.82) is 0 Å². The first-order valence-corrected chi connectivity index (χ1v) is 13.8. The molecule has 162 valence electrons. The van der Waals surface area contributed by atoms with Crippen molar-refractivity contribution in [1.82, 2.24) is 9.21 Å². The molecular weight excluding hydrogens is 446 g/mol. The molecule has 0 saturated carbocycles. The van der Waals surface area contributed by atoms with Crippen molar-refractivity contribution in [2.24, 2.45) is 0 Å². The number of rotatable bonds is 4. The summed E-state index contributed by atoms with van der Waals surface area (Å²) in [6.45, 7) is 1.57. The Morgan fingerprint density at radius 1 is 1.00 bits per heavy atom. The number of anilines is 1.